The van der Waals surface area contributed by atoms with Gasteiger partial charge in [0.25, 0.3) is 11.6 Å². The Hall–Kier alpha value is -5.06. The molecule has 0 unspecified atom stereocenters. The van der Waals surface area contributed by atoms with Gasteiger partial charge in [-0.3, -0.25) is 14.9 Å². The summed E-state index contributed by atoms with van der Waals surface area (Å²) in [7, 11) is 0. The number of halogens is 1. The van der Waals surface area contributed by atoms with Gasteiger partial charge >= 0.3 is 0 Å². The molecule has 0 radical (unpaired) electrons. The maximum absolute atomic E-state index is 12.6. The Morgan fingerprint density at radius 1 is 1.02 bits per heavy atom. The molecule has 0 aliphatic heterocycles. The van der Waals surface area contributed by atoms with Crippen molar-refractivity contribution >= 4 is 51.6 Å². The highest BCUT2D eigenvalue weighted by molar-refractivity contribution is 7.14. The fourth-order valence-electron chi connectivity index (χ4n) is 3.71. The van der Waals surface area contributed by atoms with Crippen LogP contribution in [0.1, 0.15) is 21.5 Å². The molecule has 41 heavy (non-hydrogen) atoms. The Bertz CT molecular complexity index is 1690. The number of amides is 1. The topological polar surface area (TPSA) is 119 Å². The fraction of sp³-hybridized carbons (Fsp3) is 0.0333. The quantitative estimate of drug-likeness (QED) is 0.100. The molecule has 1 amide bonds. The van der Waals surface area contributed by atoms with Gasteiger partial charge in [0.05, 0.1) is 16.8 Å². The number of nitro groups is 1. The van der Waals surface area contributed by atoms with Crippen molar-refractivity contribution in [3.05, 3.63) is 134 Å². The van der Waals surface area contributed by atoms with E-state index < -0.39 is 4.92 Å². The predicted molar refractivity (Wildman–Crippen MR) is 161 cm³/mol. The van der Waals surface area contributed by atoms with E-state index in [1.807, 2.05) is 53.9 Å². The summed E-state index contributed by atoms with van der Waals surface area (Å²) < 4.78 is 5.78. The summed E-state index contributed by atoms with van der Waals surface area (Å²) in [6.07, 6.45) is 1.52. The maximum atomic E-state index is 12.6. The summed E-state index contributed by atoms with van der Waals surface area (Å²) >= 11 is 7.42. The van der Waals surface area contributed by atoms with Crippen molar-refractivity contribution in [3.8, 4) is 17.0 Å². The van der Waals surface area contributed by atoms with Crippen molar-refractivity contribution in [3.63, 3.8) is 0 Å². The monoisotopic (exact) mass is 583 g/mol. The molecule has 0 aliphatic rings. The van der Waals surface area contributed by atoms with Crippen LogP contribution >= 0.6 is 22.9 Å². The minimum absolute atomic E-state index is 0.0294. The lowest BCUT2D eigenvalue weighted by atomic mass is 10.1. The summed E-state index contributed by atoms with van der Waals surface area (Å²) in [4.78, 5) is 27.5. The zero-order chi connectivity index (χ0) is 28.6. The van der Waals surface area contributed by atoms with Crippen molar-refractivity contribution < 1.29 is 14.5 Å². The molecule has 0 bridgehead atoms. The van der Waals surface area contributed by atoms with Crippen molar-refractivity contribution in [2.75, 3.05) is 5.32 Å². The van der Waals surface area contributed by atoms with E-state index in [0.29, 0.717) is 16.3 Å². The molecule has 0 atom stereocenters. The molecule has 0 saturated carbocycles. The number of hydrogen-bond donors (Lipinski definition) is 2. The van der Waals surface area contributed by atoms with Gasteiger partial charge in [-0.2, -0.15) is 5.10 Å². The molecule has 1 aromatic heterocycles. The Kier molecular flexibility index (Phi) is 8.63. The molecule has 0 fully saturated rings. The Labute approximate surface area is 244 Å². The highest BCUT2D eigenvalue weighted by Gasteiger charge is 2.09. The Balaban J connectivity index is 1.13. The summed E-state index contributed by atoms with van der Waals surface area (Å²) in [5, 5.41) is 21.5. The predicted octanol–water partition coefficient (Wildman–Crippen LogP) is 7.46. The van der Waals surface area contributed by atoms with Crippen LogP contribution in [0.25, 0.3) is 11.3 Å². The average molecular weight is 584 g/mol. The number of hydrazone groups is 1. The standard InChI is InChI=1S/C30H22ClN5O4S/c31-24-10-12-25(13-11-24)33-30-34-28(19-41-30)22-6-8-23(9-7-22)29(37)35-32-17-21-2-1-3-27(16-21)40-18-20-4-14-26(15-5-20)36(38)39/h1-17,19H,18H2,(H,33,34)(H,35,37)/b32-17-. The molecular formula is C30H22ClN5O4S. The van der Waals surface area contributed by atoms with Gasteiger partial charge in [-0.25, -0.2) is 10.4 Å². The van der Waals surface area contributed by atoms with Gasteiger partial charge in [-0.05, 0) is 71.8 Å². The molecule has 0 spiro atoms. The summed E-state index contributed by atoms with van der Waals surface area (Å²) in [5.41, 5.74) is 7.13. The van der Waals surface area contributed by atoms with Gasteiger partial charge in [0.1, 0.15) is 12.4 Å². The van der Waals surface area contributed by atoms with E-state index in [4.69, 9.17) is 16.3 Å². The van der Waals surface area contributed by atoms with Crippen LogP contribution < -0.4 is 15.5 Å². The number of thiazole rings is 1. The summed E-state index contributed by atoms with van der Waals surface area (Å²) in [5.74, 6) is 0.254. The molecule has 0 saturated heterocycles. The number of ether oxygens (including phenoxy) is 1. The molecule has 4 aromatic carbocycles. The van der Waals surface area contributed by atoms with E-state index in [1.54, 1.807) is 36.4 Å². The lowest BCUT2D eigenvalue weighted by Gasteiger charge is -2.07. The molecule has 2 N–H and O–H groups in total. The molecule has 5 rings (SSSR count). The van der Waals surface area contributed by atoms with E-state index in [2.05, 4.69) is 20.8 Å². The fourth-order valence-corrected chi connectivity index (χ4v) is 4.57. The van der Waals surface area contributed by atoms with Gasteiger partial charge < -0.3 is 10.1 Å². The minimum atomic E-state index is -0.443. The number of aromatic nitrogens is 1. The van der Waals surface area contributed by atoms with Crippen molar-refractivity contribution in [2.24, 2.45) is 5.10 Å². The molecule has 11 heteroatoms. The number of anilines is 2. The van der Waals surface area contributed by atoms with Gasteiger partial charge in [0.15, 0.2) is 5.13 Å². The third-order valence-electron chi connectivity index (χ3n) is 5.83. The number of nitrogens with one attached hydrogen (secondary N) is 2. The third kappa shape index (κ3) is 7.53. The first-order valence-corrected chi connectivity index (χ1v) is 13.6. The third-order valence-corrected chi connectivity index (χ3v) is 6.84. The molecule has 204 valence electrons. The highest BCUT2D eigenvalue weighted by Crippen LogP contribution is 2.28. The van der Waals surface area contributed by atoms with Crippen LogP contribution in [0.2, 0.25) is 5.02 Å². The van der Waals surface area contributed by atoms with E-state index in [0.717, 1.165) is 33.2 Å². The van der Waals surface area contributed by atoms with Crippen LogP contribution in [-0.4, -0.2) is 22.0 Å². The number of hydrogen-bond acceptors (Lipinski definition) is 8. The second-order valence-electron chi connectivity index (χ2n) is 8.73. The summed E-state index contributed by atoms with van der Waals surface area (Å²) in [6.45, 7) is 0.256. The first kappa shape index (κ1) is 27.5. The van der Waals surface area contributed by atoms with Gasteiger partial charge in [0.2, 0.25) is 0 Å². The maximum Gasteiger partial charge on any atom is 0.271 e. The molecule has 1 heterocycles. The van der Waals surface area contributed by atoms with Gasteiger partial charge in [-0.15, -0.1) is 11.3 Å². The van der Waals surface area contributed by atoms with Crippen LogP contribution in [-0.2, 0) is 6.61 Å². The van der Waals surface area contributed by atoms with Crippen LogP contribution in [0, 0.1) is 10.1 Å². The van der Waals surface area contributed by atoms with Crippen molar-refractivity contribution in [2.45, 2.75) is 6.61 Å². The number of nitro benzene ring substituents is 1. The average Bonchev–Trinajstić information content (AvgIpc) is 3.46. The van der Waals surface area contributed by atoms with Gasteiger partial charge in [0, 0.05) is 39.3 Å². The zero-order valence-electron chi connectivity index (χ0n) is 21.4. The van der Waals surface area contributed by atoms with E-state index in [-0.39, 0.29) is 18.2 Å². The normalized spacial score (nSPS) is 10.9. The van der Waals surface area contributed by atoms with E-state index in [9.17, 15) is 14.9 Å². The largest absolute Gasteiger partial charge is 0.489 e. The van der Waals surface area contributed by atoms with E-state index >= 15 is 0 Å². The van der Waals surface area contributed by atoms with Crippen LogP contribution in [0.5, 0.6) is 5.75 Å². The van der Waals surface area contributed by atoms with Crippen LogP contribution in [0.4, 0.5) is 16.5 Å². The van der Waals surface area contributed by atoms with Crippen LogP contribution in [0.3, 0.4) is 0 Å². The second-order valence-corrected chi connectivity index (χ2v) is 10.0. The SMILES string of the molecule is O=C(N/N=C\c1cccc(OCc2ccc([N+](=O)[O-])cc2)c1)c1ccc(-c2csc(Nc3ccc(Cl)cc3)n2)cc1. The Morgan fingerprint density at radius 3 is 2.51 bits per heavy atom. The smallest absolute Gasteiger partial charge is 0.271 e. The minimum Gasteiger partial charge on any atom is -0.489 e. The zero-order valence-corrected chi connectivity index (χ0v) is 22.9. The van der Waals surface area contributed by atoms with E-state index in [1.165, 1.54) is 29.7 Å². The number of nitrogens with zero attached hydrogens (tertiary/aromatic N) is 3. The first-order valence-electron chi connectivity index (χ1n) is 12.3. The number of non-ortho nitro benzene ring substituents is 1. The molecular weight excluding hydrogens is 562 g/mol. The van der Waals surface area contributed by atoms with Crippen molar-refractivity contribution in [1.82, 2.24) is 10.4 Å². The Morgan fingerprint density at radius 2 is 1.78 bits per heavy atom. The first-order chi connectivity index (χ1) is 19.9. The summed E-state index contributed by atoms with van der Waals surface area (Å²) in [6, 6.07) is 27.9. The number of benzene rings is 4. The van der Waals surface area contributed by atoms with Crippen LogP contribution in [0.15, 0.2) is 108 Å². The van der Waals surface area contributed by atoms with Gasteiger partial charge in [-0.1, -0.05) is 35.9 Å². The lowest BCUT2D eigenvalue weighted by Crippen LogP contribution is -2.17. The number of carbonyl (C=O) groups is 1. The lowest BCUT2D eigenvalue weighted by molar-refractivity contribution is -0.384. The molecule has 0 aliphatic carbocycles. The van der Waals surface area contributed by atoms with Crippen molar-refractivity contribution in [1.29, 1.82) is 0 Å². The number of carbonyl (C=O) groups excluding carboxylic acids is 1. The highest BCUT2D eigenvalue weighted by atomic mass is 35.5. The molecule has 9 nitrogen and oxygen atoms in total. The molecule has 5 aromatic rings. The second kappa shape index (κ2) is 12.9. The number of rotatable bonds is 10.